The van der Waals surface area contributed by atoms with Gasteiger partial charge in [0.05, 0.1) is 0 Å². The van der Waals surface area contributed by atoms with Crippen LogP contribution in [0.15, 0.2) is 0 Å². The molecule has 0 aliphatic carbocycles. The van der Waals surface area contributed by atoms with Crippen LogP contribution in [0.5, 0.6) is 0 Å². The smallest absolute Gasteiger partial charge is 0 e. The van der Waals surface area contributed by atoms with Crippen molar-refractivity contribution in [1.82, 2.24) is 0 Å². The first-order valence-corrected chi connectivity index (χ1v) is 0. The molecule has 0 amide bonds. The number of hydrogen-bond donors (Lipinski definition) is 0. The molecule has 0 atom stereocenters. The topological polar surface area (TPSA) is 0 Å². The van der Waals surface area contributed by atoms with Gasteiger partial charge in [-0.05, 0) is 0 Å². The van der Waals surface area contributed by atoms with Crippen molar-refractivity contribution >= 4 is 74.4 Å². The van der Waals surface area contributed by atoms with Crippen molar-refractivity contribution in [3.05, 3.63) is 0 Å². The summed E-state index contributed by atoms with van der Waals surface area (Å²) in [6, 6.07) is 0. The molecule has 0 rings (SSSR count). The van der Waals surface area contributed by atoms with Gasteiger partial charge in [0.25, 0.3) is 0 Å². The second-order valence-electron chi connectivity index (χ2n) is 0. The first-order valence-electron chi connectivity index (χ1n) is 0. The Labute approximate surface area is 93.2 Å². The maximum Gasteiger partial charge on any atom is 0 e. The van der Waals surface area contributed by atoms with Gasteiger partial charge in [-0.3, -0.25) is 0 Å². The maximum absolute atomic E-state index is 0. The van der Waals surface area contributed by atoms with Crippen LogP contribution in [0.25, 0.3) is 0 Å². The summed E-state index contributed by atoms with van der Waals surface area (Å²) in [7, 11) is 0. The van der Waals surface area contributed by atoms with Crippen LogP contribution in [-0.4, -0.2) is 0 Å². The molecule has 0 heterocycles. The Hall–Kier alpha value is 2.36. The molecule has 0 N–H and O–H groups in total. The molecule has 0 saturated heterocycles. The molecule has 0 radical (unpaired) electrons. The molecule has 0 aromatic heterocycles. The minimum absolute atomic E-state index is 0. The minimum Gasteiger partial charge on any atom is -0.147 e. The van der Waals surface area contributed by atoms with E-state index >= 15 is 0 Å². The zero-order valence-electron chi connectivity index (χ0n) is 3.16. The van der Waals surface area contributed by atoms with Gasteiger partial charge in [-0.25, -0.2) is 0 Å². The van der Waals surface area contributed by atoms with Crippen LogP contribution < -0.4 is 0 Å². The molecule has 0 aliphatic rings. The van der Waals surface area contributed by atoms with Crippen molar-refractivity contribution in [2.45, 2.75) is 0 Å². The van der Waals surface area contributed by atoms with Crippen LogP contribution in [0.3, 0.4) is 0 Å². The zero-order valence-corrected chi connectivity index (χ0v) is 11.0. The van der Waals surface area contributed by atoms with Gasteiger partial charge in [-0.2, -0.15) is 0 Å². The summed E-state index contributed by atoms with van der Waals surface area (Å²) in [5.41, 5.74) is 0. The van der Waals surface area contributed by atoms with Gasteiger partial charge >= 0.3 is 0 Å². The minimum atomic E-state index is 0. The van der Waals surface area contributed by atoms with Crippen LogP contribution in [0.2, 0.25) is 0 Å². The largest absolute Gasteiger partial charge is 0.147 e. The number of rotatable bonds is 0. The van der Waals surface area contributed by atoms with Gasteiger partial charge in [0.1, 0.15) is 0 Å². The third-order valence-electron chi connectivity index (χ3n) is 0. The van der Waals surface area contributed by atoms with E-state index in [1.165, 1.54) is 0 Å². The molecule has 0 spiro atoms. The summed E-state index contributed by atoms with van der Waals surface area (Å²) in [6.45, 7) is 0. The summed E-state index contributed by atoms with van der Waals surface area (Å²) in [5, 5.41) is 0. The van der Waals surface area contributed by atoms with Crippen LogP contribution >= 0.6 is 74.4 Å². The van der Waals surface area contributed by atoms with Gasteiger partial charge in [-0.15, -0.1) is 74.4 Å². The van der Waals surface area contributed by atoms with Crippen LogP contribution in [0.1, 0.15) is 0 Å². The van der Waals surface area contributed by atoms with Crippen molar-refractivity contribution in [2.24, 2.45) is 0 Å². The molecule has 0 aromatic carbocycles. The monoisotopic (exact) mass is 280 g/mol. The molecule has 50 valence electrons. The number of halogens is 6. The average Bonchev–Trinajstić information content (AvgIpc) is 0. The van der Waals surface area contributed by atoms with E-state index in [1.54, 1.807) is 0 Å². The molecule has 0 aliphatic heterocycles. The third kappa shape index (κ3) is 60.6. The van der Waals surface area contributed by atoms with E-state index in [0.717, 1.165) is 0 Å². The normalized spacial score (nSPS) is 0. The summed E-state index contributed by atoms with van der Waals surface area (Å²) in [4.78, 5) is 0. The fraction of sp³-hybridized carbons (Fsp3) is 0. The fourth-order valence-electron chi connectivity index (χ4n) is 0. The molecule has 0 unspecified atom stereocenters. The maximum atomic E-state index is 0. The molecule has 7 heteroatoms. The van der Waals surface area contributed by atoms with E-state index < -0.39 is 0 Å². The number of hydrogen-bond acceptors (Lipinski definition) is 0. The van der Waals surface area contributed by atoms with E-state index in [4.69, 9.17) is 0 Å². The molecular weight excluding hydrogens is 278 g/mol. The first kappa shape index (κ1) is 117. The van der Waals surface area contributed by atoms with Gasteiger partial charge in [0.2, 0.25) is 0 Å². The quantitative estimate of drug-likeness (QED) is 0.600. The van der Waals surface area contributed by atoms with Crippen molar-refractivity contribution in [1.29, 1.82) is 0 Å². The van der Waals surface area contributed by atoms with Gasteiger partial charge < -0.3 is 0 Å². The second kappa shape index (κ2) is 81.2. The van der Waals surface area contributed by atoms with E-state index in [9.17, 15) is 0 Å². The summed E-state index contributed by atoms with van der Waals surface area (Å²) in [6.07, 6.45) is 0. The van der Waals surface area contributed by atoms with Crippen molar-refractivity contribution in [3.63, 3.8) is 0 Å². The van der Waals surface area contributed by atoms with Gasteiger partial charge in [-0.1, -0.05) is 0 Å². The molecule has 0 nitrogen and oxygen atoms in total. The van der Waals surface area contributed by atoms with E-state index in [-0.39, 0.29) is 93.9 Å². The van der Waals surface area contributed by atoms with Crippen molar-refractivity contribution < 1.29 is 19.5 Å². The molecular formula is H6Cl6Zn. The Kier molecular flexibility index (Phi) is 1360. The summed E-state index contributed by atoms with van der Waals surface area (Å²) >= 11 is 0. The Morgan fingerprint density at radius 3 is 0.286 bits per heavy atom. The first-order chi connectivity index (χ1) is 0. The average molecular weight is 284 g/mol. The van der Waals surface area contributed by atoms with Gasteiger partial charge in [0, 0.05) is 19.5 Å². The Balaban J connectivity index is 0. The SMILES string of the molecule is Cl.Cl.Cl.Cl.Cl.Cl.[Zn]. The predicted molar refractivity (Wildman–Crippen MR) is 43.5 cm³/mol. The van der Waals surface area contributed by atoms with Gasteiger partial charge in [0.15, 0.2) is 0 Å². The van der Waals surface area contributed by atoms with E-state index in [2.05, 4.69) is 0 Å². The second-order valence-corrected chi connectivity index (χ2v) is 0. The van der Waals surface area contributed by atoms with Crippen molar-refractivity contribution in [3.8, 4) is 0 Å². The van der Waals surface area contributed by atoms with E-state index in [1.807, 2.05) is 0 Å². The molecule has 0 saturated carbocycles. The third-order valence-corrected chi connectivity index (χ3v) is 0. The molecule has 7 heavy (non-hydrogen) atoms. The Morgan fingerprint density at radius 2 is 0.286 bits per heavy atom. The Morgan fingerprint density at radius 1 is 0.286 bits per heavy atom. The summed E-state index contributed by atoms with van der Waals surface area (Å²) < 4.78 is 0. The molecule has 0 fully saturated rings. The molecule has 0 aromatic rings. The van der Waals surface area contributed by atoms with Crippen LogP contribution in [0.4, 0.5) is 0 Å². The Bertz CT molecular complexity index is 4.14. The predicted octanol–water partition coefficient (Wildman–Crippen LogP) is 2.53. The van der Waals surface area contributed by atoms with Crippen molar-refractivity contribution in [2.75, 3.05) is 0 Å². The van der Waals surface area contributed by atoms with Crippen LogP contribution in [0, 0.1) is 0 Å². The fourth-order valence-corrected chi connectivity index (χ4v) is 0. The summed E-state index contributed by atoms with van der Waals surface area (Å²) in [5.74, 6) is 0. The standard InChI is InChI=1S/6ClH.Zn/h6*1H;. The molecule has 0 bridgehead atoms. The zero-order chi connectivity index (χ0) is 0. The van der Waals surface area contributed by atoms with Crippen LogP contribution in [-0.2, 0) is 19.5 Å². The van der Waals surface area contributed by atoms with E-state index in [0.29, 0.717) is 0 Å².